The molecule has 0 aromatic carbocycles. The van der Waals surface area contributed by atoms with Gasteiger partial charge in [0.15, 0.2) is 5.96 Å². The third-order valence-corrected chi connectivity index (χ3v) is 5.26. The van der Waals surface area contributed by atoms with Gasteiger partial charge < -0.3 is 20.3 Å². The quantitative estimate of drug-likeness (QED) is 0.361. The molecule has 2 aliphatic rings. The highest BCUT2D eigenvalue weighted by molar-refractivity contribution is 14.0. The van der Waals surface area contributed by atoms with E-state index in [0.29, 0.717) is 12.6 Å². The van der Waals surface area contributed by atoms with Gasteiger partial charge in [-0.3, -0.25) is 9.89 Å². The van der Waals surface area contributed by atoms with Crippen LogP contribution in [0.4, 0.5) is 5.82 Å². The Morgan fingerprint density at radius 2 is 2.11 bits per heavy atom. The van der Waals surface area contributed by atoms with Crippen LogP contribution in [0.1, 0.15) is 25.3 Å². The molecule has 3 rings (SSSR count). The van der Waals surface area contributed by atoms with E-state index in [9.17, 15) is 0 Å². The fourth-order valence-electron chi connectivity index (χ4n) is 3.78. The third kappa shape index (κ3) is 6.18. The van der Waals surface area contributed by atoms with Crippen molar-refractivity contribution in [1.29, 1.82) is 0 Å². The first-order valence-electron chi connectivity index (χ1n) is 9.77. The van der Waals surface area contributed by atoms with Crippen molar-refractivity contribution < 1.29 is 4.74 Å². The second-order valence-corrected chi connectivity index (χ2v) is 6.82. The summed E-state index contributed by atoms with van der Waals surface area (Å²) in [6.07, 6.45) is 4.42. The van der Waals surface area contributed by atoms with Crippen LogP contribution in [0.2, 0.25) is 0 Å². The number of guanidine groups is 1. The zero-order valence-corrected chi connectivity index (χ0v) is 18.8. The molecule has 27 heavy (non-hydrogen) atoms. The molecule has 2 N–H and O–H groups in total. The summed E-state index contributed by atoms with van der Waals surface area (Å²) in [6, 6.07) is 4.74. The van der Waals surface area contributed by atoms with Crippen LogP contribution in [0.3, 0.4) is 0 Å². The Morgan fingerprint density at radius 3 is 2.85 bits per heavy atom. The number of ether oxygens (including phenoxy) is 1. The molecule has 0 aliphatic carbocycles. The van der Waals surface area contributed by atoms with E-state index in [4.69, 9.17) is 4.74 Å². The molecule has 1 atom stereocenters. The second kappa shape index (κ2) is 11.7. The zero-order chi connectivity index (χ0) is 18.2. The first kappa shape index (κ1) is 22.2. The molecule has 0 saturated carbocycles. The molecule has 7 nitrogen and oxygen atoms in total. The van der Waals surface area contributed by atoms with Gasteiger partial charge in [-0.05, 0) is 32.0 Å². The predicted octanol–water partition coefficient (Wildman–Crippen LogP) is 1.69. The van der Waals surface area contributed by atoms with Crippen LogP contribution in [-0.4, -0.2) is 74.9 Å². The van der Waals surface area contributed by atoms with E-state index in [1.807, 2.05) is 19.3 Å². The number of aromatic nitrogens is 1. The first-order valence-corrected chi connectivity index (χ1v) is 9.77. The van der Waals surface area contributed by atoms with Crippen LogP contribution in [0, 0.1) is 0 Å². The van der Waals surface area contributed by atoms with Crippen molar-refractivity contribution in [3.63, 3.8) is 0 Å². The van der Waals surface area contributed by atoms with Crippen molar-refractivity contribution in [2.45, 2.75) is 32.4 Å². The molecule has 1 aromatic rings. The van der Waals surface area contributed by atoms with E-state index < -0.39 is 0 Å². The Labute approximate surface area is 180 Å². The molecule has 0 radical (unpaired) electrons. The number of halogens is 1. The highest BCUT2D eigenvalue weighted by Crippen LogP contribution is 2.18. The number of morpholine rings is 1. The van der Waals surface area contributed by atoms with Gasteiger partial charge in [-0.2, -0.15) is 0 Å². The number of nitrogens with zero attached hydrogens (tertiary/aromatic N) is 4. The maximum absolute atomic E-state index is 5.46. The maximum Gasteiger partial charge on any atom is 0.191 e. The Bertz CT molecular complexity index is 593. The molecular formula is C19H33IN6O. The number of rotatable bonds is 6. The number of anilines is 1. The lowest BCUT2D eigenvalue weighted by Crippen LogP contribution is -2.44. The number of nitrogens with one attached hydrogen (secondary N) is 2. The lowest BCUT2D eigenvalue weighted by atomic mass is 10.2. The summed E-state index contributed by atoms with van der Waals surface area (Å²) in [4.78, 5) is 13.8. The predicted molar refractivity (Wildman–Crippen MR) is 121 cm³/mol. The minimum Gasteiger partial charge on any atom is -0.378 e. The fraction of sp³-hybridized carbons (Fsp3) is 0.684. The molecular weight excluding hydrogens is 455 g/mol. The molecule has 2 saturated heterocycles. The van der Waals surface area contributed by atoms with Crippen LogP contribution >= 0.6 is 24.0 Å². The molecule has 0 spiro atoms. The molecule has 1 unspecified atom stereocenters. The van der Waals surface area contributed by atoms with Crippen molar-refractivity contribution >= 4 is 35.8 Å². The van der Waals surface area contributed by atoms with Crippen molar-refractivity contribution in [3.05, 3.63) is 23.9 Å². The maximum atomic E-state index is 5.46. The number of aliphatic imine (C=N–C) groups is 1. The van der Waals surface area contributed by atoms with Gasteiger partial charge in [-0.1, -0.05) is 13.0 Å². The molecule has 3 heterocycles. The Hall–Kier alpha value is -1.13. The van der Waals surface area contributed by atoms with Gasteiger partial charge in [0, 0.05) is 51.0 Å². The SMILES string of the molecule is CCN1CCCC1CNC(=NC)NCc1cccnc1N1CCOCC1.I. The first-order chi connectivity index (χ1) is 12.8. The van der Waals surface area contributed by atoms with E-state index in [-0.39, 0.29) is 24.0 Å². The monoisotopic (exact) mass is 488 g/mol. The highest BCUT2D eigenvalue weighted by atomic mass is 127. The Kier molecular flexibility index (Phi) is 9.57. The Balaban J connectivity index is 0.00000261. The van der Waals surface area contributed by atoms with E-state index in [1.165, 1.54) is 24.9 Å². The summed E-state index contributed by atoms with van der Waals surface area (Å²) in [5.74, 6) is 1.90. The van der Waals surface area contributed by atoms with Gasteiger partial charge in [0.2, 0.25) is 0 Å². The number of likely N-dealkylation sites (N-methyl/N-ethyl adjacent to an activating group) is 1. The average molecular weight is 488 g/mol. The summed E-state index contributed by atoms with van der Waals surface area (Å²) in [7, 11) is 1.83. The minimum absolute atomic E-state index is 0. The molecule has 8 heteroatoms. The van der Waals surface area contributed by atoms with E-state index in [0.717, 1.165) is 51.2 Å². The third-order valence-electron chi connectivity index (χ3n) is 5.26. The number of hydrogen-bond acceptors (Lipinski definition) is 5. The average Bonchev–Trinajstić information content (AvgIpc) is 3.16. The fourth-order valence-corrected chi connectivity index (χ4v) is 3.78. The minimum atomic E-state index is 0. The summed E-state index contributed by atoms with van der Waals surface area (Å²) in [5, 5.41) is 6.93. The van der Waals surface area contributed by atoms with Crippen molar-refractivity contribution in [2.75, 3.05) is 57.9 Å². The van der Waals surface area contributed by atoms with Gasteiger partial charge >= 0.3 is 0 Å². The summed E-state index contributed by atoms with van der Waals surface area (Å²) >= 11 is 0. The van der Waals surface area contributed by atoms with Crippen molar-refractivity contribution in [1.82, 2.24) is 20.5 Å². The number of pyridine rings is 1. The lowest BCUT2D eigenvalue weighted by molar-refractivity contribution is 0.122. The number of likely N-dealkylation sites (tertiary alicyclic amines) is 1. The van der Waals surface area contributed by atoms with Gasteiger partial charge in [-0.15, -0.1) is 24.0 Å². The Morgan fingerprint density at radius 1 is 1.30 bits per heavy atom. The second-order valence-electron chi connectivity index (χ2n) is 6.82. The summed E-state index contributed by atoms with van der Waals surface area (Å²) < 4.78 is 5.46. The molecule has 1 aromatic heterocycles. The van der Waals surface area contributed by atoms with Crippen LogP contribution in [0.15, 0.2) is 23.3 Å². The van der Waals surface area contributed by atoms with Crippen molar-refractivity contribution in [2.24, 2.45) is 4.99 Å². The van der Waals surface area contributed by atoms with Crippen LogP contribution in [0.25, 0.3) is 0 Å². The van der Waals surface area contributed by atoms with Crippen LogP contribution < -0.4 is 15.5 Å². The molecule has 2 aliphatic heterocycles. The smallest absolute Gasteiger partial charge is 0.191 e. The van der Waals surface area contributed by atoms with E-state index in [1.54, 1.807) is 0 Å². The summed E-state index contributed by atoms with van der Waals surface area (Å²) in [6.45, 7) is 9.55. The molecule has 152 valence electrons. The zero-order valence-electron chi connectivity index (χ0n) is 16.5. The van der Waals surface area contributed by atoms with E-state index in [2.05, 4.69) is 43.4 Å². The van der Waals surface area contributed by atoms with E-state index >= 15 is 0 Å². The van der Waals surface area contributed by atoms with Gasteiger partial charge in [0.1, 0.15) is 5.82 Å². The van der Waals surface area contributed by atoms with Crippen LogP contribution in [0.5, 0.6) is 0 Å². The number of hydrogen-bond donors (Lipinski definition) is 2. The molecule has 0 amide bonds. The lowest BCUT2D eigenvalue weighted by Gasteiger charge is -2.29. The van der Waals surface area contributed by atoms with Gasteiger partial charge in [0.25, 0.3) is 0 Å². The largest absolute Gasteiger partial charge is 0.378 e. The van der Waals surface area contributed by atoms with Crippen molar-refractivity contribution in [3.8, 4) is 0 Å². The molecule has 0 bridgehead atoms. The van der Waals surface area contributed by atoms with Gasteiger partial charge in [0.05, 0.1) is 13.2 Å². The normalized spacial score (nSPS) is 21.0. The summed E-state index contributed by atoms with van der Waals surface area (Å²) in [5.41, 5.74) is 1.19. The van der Waals surface area contributed by atoms with Crippen LogP contribution in [-0.2, 0) is 11.3 Å². The topological polar surface area (TPSA) is 65.0 Å². The molecule has 2 fully saturated rings. The highest BCUT2D eigenvalue weighted by Gasteiger charge is 2.23. The van der Waals surface area contributed by atoms with Gasteiger partial charge in [-0.25, -0.2) is 4.98 Å². The standard InChI is InChI=1S/C19H32N6O.HI/c1-3-24-9-5-7-17(24)15-23-19(20-2)22-14-16-6-4-8-21-18(16)25-10-12-26-13-11-25;/h4,6,8,17H,3,5,7,9-15H2,1-2H3,(H2,20,22,23);1H.